The zero-order chi connectivity index (χ0) is 15.7. The summed E-state index contributed by atoms with van der Waals surface area (Å²) in [6, 6.07) is 15.4. The minimum absolute atomic E-state index is 0.221. The summed E-state index contributed by atoms with van der Waals surface area (Å²) in [5.74, 6) is 0. The second-order valence-electron chi connectivity index (χ2n) is 4.83. The third-order valence-electron chi connectivity index (χ3n) is 3.27. The van der Waals surface area contributed by atoms with Crippen molar-refractivity contribution in [1.29, 1.82) is 0 Å². The summed E-state index contributed by atoms with van der Waals surface area (Å²) in [6.07, 6.45) is -4.48. The normalized spacial score (nSPS) is 11.8. The van der Waals surface area contributed by atoms with E-state index in [1.807, 2.05) is 6.07 Å². The molecule has 2 aromatic carbocycles. The van der Waals surface area contributed by atoms with Crippen molar-refractivity contribution in [2.75, 3.05) is 0 Å². The summed E-state index contributed by atoms with van der Waals surface area (Å²) in [6.45, 7) is -1.35. The summed E-state index contributed by atoms with van der Waals surface area (Å²) >= 11 is 0. The van der Waals surface area contributed by atoms with E-state index in [2.05, 4.69) is 4.98 Å². The van der Waals surface area contributed by atoms with Gasteiger partial charge in [-0.15, -0.1) is 0 Å². The van der Waals surface area contributed by atoms with Crippen molar-refractivity contribution in [2.24, 2.45) is 0 Å². The number of hydrogen-bond donors (Lipinski definition) is 0. The maximum absolute atomic E-state index is 12.7. The van der Waals surface area contributed by atoms with Crippen LogP contribution in [0.2, 0.25) is 0 Å². The molecule has 3 aromatic rings. The standard InChI is InChI=1S/C16H11F3N2O/c17-16(18,19)10-21-13-9-5-4-8-12(13)14(20-15(21)22)11-6-2-1-3-7-11/h1-9H,10H2. The van der Waals surface area contributed by atoms with E-state index in [-0.39, 0.29) is 5.52 Å². The zero-order valence-electron chi connectivity index (χ0n) is 11.3. The largest absolute Gasteiger partial charge is 0.406 e. The number of nitrogens with zero attached hydrogens (tertiary/aromatic N) is 2. The highest BCUT2D eigenvalue weighted by molar-refractivity contribution is 5.92. The molecule has 0 saturated heterocycles. The van der Waals surface area contributed by atoms with Crippen molar-refractivity contribution in [3.8, 4) is 11.3 Å². The van der Waals surface area contributed by atoms with Gasteiger partial charge in [-0.25, -0.2) is 4.79 Å². The molecule has 3 nitrogen and oxygen atoms in total. The molecule has 0 atom stereocenters. The van der Waals surface area contributed by atoms with Crippen LogP contribution in [0.25, 0.3) is 22.2 Å². The summed E-state index contributed by atoms with van der Waals surface area (Å²) in [4.78, 5) is 15.9. The van der Waals surface area contributed by atoms with Gasteiger partial charge in [0.1, 0.15) is 6.54 Å². The van der Waals surface area contributed by atoms with E-state index in [9.17, 15) is 18.0 Å². The fourth-order valence-electron chi connectivity index (χ4n) is 2.38. The second-order valence-corrected chi connectivity index (χ2v) is 4.83. The Morgan fingerprint density at radius 3 is 2.27 bits per heavy atom. The van der Waals surface area contributed by atoms with Crippen LogP contribution in [0.5, 0.6) is 0 Å². The van der Waals surface area contributed by atoms with Gasteiger partial charge in [0.2, 0.25) is 0 Å². The van der Waals surface area contributed by atoms with E-state index >= 15 is 0 Å². The van der Waals surface area contributed by atoms with Gasteiger partial charge in [-0.1, -0.05) is 48.5 Å². The minimum atomic E-state index is -4.48. The predicted octanol–water partition coefficient (Wildman–Crippen LogP) is 3.63. The number of hydrogen-bond acceptors (Lipinski definition) is 2. The fraction of sp³-hybridized carbons (Fsp3) is 0.125. The van der Waals surface area contributed by atoms with Crippen LogP contribution in [0.1, 0.15) is 0 Å². The Balaban J connectivity index is 2.31. The maximum Gasteiger partial charge on any atom is 0.406 e. The lowest BCUT2D eigenvalue weighted by molar-refractivity contribution is -0.140. The number of alkyl halides is 3. The summed E-state index contributed by atoms with van der Waals surface area (Å²) in [7, 11) is 0. The van der Waals surface area contributed by atoms with Gasteiger partial charge < -0.3 is 0 Å². The third kappa shape index (κ3) is 2.72. The van der Waals surface area contributed by atoms with E-state index in [0.29, 0.717) is 21.2 Å². The molecule has 22 heavy (non-hydrogen) atoms. The van der Waals surface area contributed by atoms with Crippen molar-refractivity contribution < 1.29 is 13.2 Å². The molecule has 1 aromatic heterocycles. The lowest BCUT2D eigenvalue weighted by Gasteiger charge is -2.14. The molecule has 0 fully saturated rings. The molecule has 6 heteroatoms. The molecule has 1 heterocycles. The van der Waals surface area contributed by atoms with Crippen LogP contribution in [0.3, 0.4) is 0 Å². The molecule has 0 aliphatic heterocycles. The predicted molar refractivity (Wildman–Crippen MR) is 77.5 cm³/mol. The topological polar surface area (TPSA) is 34.9 Å². The van der Waals surface area contributed by atoms with Crippen LogP contribution >= 0.6 is 0 Å². The molecule has 0 spiro atoms. The quantitative estimate of drug-likeness (QED) is 0.724. The fourth-order valence-corrected chi connectivity index (χ4v) is 2.38. The van der Waals surface area contributed by atoms with Crippen LogP contribution in [0.4, 0.5) is 13.2 Å². The molecule has 0 unspecified atom stereocenters. The molecule has 0 saturated carbocycles. The highest BCUT2D eigenvalue weighted by Crippen LogP contribution is 2.26. The Hall–Kier alpha value is -2.63. The van der Waals surface area contributed by atoms with Gasteiger partial charge in [0.15, 0.2) is 0 Å². The molecule has 112 valence electrons. The Bertz CT molecular complexity index is 870. The third-order valence-corrected chi connectivity index (χ3v) is 3.27. The van der Waals surface area contributed by atoms with Crippen molar-refractivity contribution in [3.63, 3.8) is 0 Å². The molecule has 0 aliphatic carbocycles. The van der Waals surface area contributed by atoms with Gasteiger partial charge in [-0.2, -0.15) is 18.2 Å². The van der Waals surface area contributed by atoms with Gasteiger partial charge in [-0.05, 0) is 6.07 Å². The zero-order valence-corrected chi connectivity index (χ0v) is 11.3. The first-order valence-corrected chi connectivity index (χ1v) is 6.57. The monoisotopic (exact) mass is 304 g/mol. The average molecular weight is 304 g/mol. The van der Waals surface area contributed by atoms with Crippen LogP contribution in [0.15, 0.2) is 59.4 Å². The van der Waals surface area contributed by atoms with Crippen LogP contribution in [-0.4, -0.2) is 15.7 Å². The Labute approximate surface area is 123 Å². The number of halogens is 3. The minimum Gasteiger partial charge on any atom is -0.283 e. The highest BCUT2D eigenvalue weighted by atomic mass is 19.4. The van der Waals surface area contributed by atoms with Crippen LogP contribution in [0, 0.1) is 0 Å². The maximum atomic E-state index is 12.7. The average Bonchev–Trinajstić information content (AvgIpc) is 2.50. The van der Waals surface area contributed by atoms with Gasteiger partial charge in [0.25, 0.3) is 0 Å². The Kier molecular flexibility index (Phi) is 3.44. The molecular formula is C16H11F3N2O. The molecule has 0 aliphatic rings. The SMILES string of the molecule is O=c1nc(-c2ccccc2)c2ccccc2n1CC(F)(F)F. The lowest BCUT2D eigenvalue weighted by Crippen LogP contribution is -2.30. The van der Waals surface area contributed by atoms with Crippen LogP contribution < -0.4 is 5.69 Å². The molecular weight excluding hydrogens is 293 g/mol. The molecule has 0 radical (unpaired) electrons. The van der Waals surface area contributed by atoms with E-state index in [1.54, 1.807) is 42.5 Å². The lowest BCUT2D eigenvalue weighted by atomic mass is 10.1. The summed E-state index contributed by atoms with van der Waals surface area (Å²) in [5, 5.41) is 0.512. The summed E-state index contributed by atoms with van der Waals surface area (Å²) in [5.41, 5.74) is 0.392. The Morgan fingerprint density at radius 1 is 0.955 bits per heavy atom. The smallest absolute Gasteiger partial charge is 0.283 e. The van der Waals surface area contributed by atoms with Gasteiger partial charge in [0.05, 0.1) is 11.2 Å². The van der Waals surface area contributed by atoms with E-state index < -0.39 is 18.4 Å². The molecule has 0 amide bonds. The van der Waals surface area contributed by atoms with E-state index in [1.165, 1.54) is 6.07 Å². The number of benzene rings is 2. The van der Waals surface area contributed by atoms with E-state index in [4.69, 9.17) is 0 Å². The molecule has 3 rings (SSSR count). The van der Waals surface area contributed by atoms with Crippen molar-refractivity contribution in [2.45, 2.75) is 12.7 Å². The first-order valence-electron chi connectivity index (χ1n) is 6.57. The van der Waals surface area contributed by atoms with Gasteiger partial charge in [-0.3, -0.25) is 4.57 Å². The second kappa shape index (κ2) is 5.29. The van der Waals surface area contributed by atoms with Crippen molar-refractivity contribution in [1.82, 2.24) is 9.55 Å². The van der Waals surface area contributed by atoms with E-state index in [0.717, 1.165) is 0 Å². The van der Waals surface area contributed by atoms with Gasteiger partial charge in [0, 0.05) is 10.9 Å². The Morgan fingerprint density at radius 2 is 1.59 bits per heavy atom. The number of para-hydroxylation sites is 1. The van der Waals surface area contributed by atoms with Gasteiger partial charge >= 0.3 is 11.9 Å². The van der Waals surface area contributed by atoms with Crippen molar-refractivity contribution in [3.05, 3.63) is 65.1 Å². The molecule has 0 N–H and O–H groups in total. The number of fused-ring (bicyclic) bond motifs is 1. The number of rotatable bonds is 2. The number of aromatic nitrogens is 2. The van der Waals surface area contributed by atoms with Crippen molar-refractivity contribution >= 4 is 10.9 Å². The molecule has 0 bridgehead atoms. The highest BCUT2D eigenvalue weighted by Gasteiger charge is 2.29. The first kappa shape index (κ1) is 14.3. The summed E-state index contributed by atoms with van der Waals surface area (Å²) < 4.78 is 38.7. The first-order chi connectivity index (χ1) is 10.5. The van der Waals surface area contributed by atoms with Crippen LogP contribution in [-0.2, 0) is 6.54 Å².